The van der Waals surface area contributed by atoms with Crippen LogP contribution in [0.1, 0.15) is 6.42 Å². The highest BCUT2D eigenvalue weighted by molar-refractivity contribution is 7.89. The molecule has 0 aliphatic carbocycles. The number of benzene rings is 1. The van der Waals surface area contributed by atoms with Crippen molar-refractivity contribution in [2.24, 2.45) is 0 Å². The third kappa shape index (κ3) is 2.05. The molecule has 1 aromatic carbocycles. The molecule has 0 aromatic heterocycles. The van der Waals surface area contributed by atoms with E-state index in [0.717, 1.165) is 0 Å². The van der Waals surface area contributed by atoms with E-state index in [2.05, 4.69) is 5.32 Å². The van der Waals surface area contributed by atoms with Gasteiger partial charge in [0.05, 0.1) is 11.5 Å². The SMILES string of the molecule is O=S(=O)(c1ccccc1)N1CCO[C@@]12CCNC[C@H]2F. The van der Waals surface area contributed by atoms with Crippen LogP contribution in [-0.4, -0.2) is 50.9 Å². The van der Waals surface area contributed by atoms with Crippen LogP contribution >= 0.6 is 0 Å². The smallest absolute Gasteiger partial charge is 0.245 e. The first kappa shape index (κ1) is 13.9. The highest BCUT2D eigenvalue weighted by atomic mass is 32.2. The standard InChI is InChI=1S/C13H17FN2O3S/c14-12-10-15-7-6-13(12)16(8-9-19-13)20(17,18)11-4-2-1-3-5-11/h1-5,12,15H,6-10H2/t12-,13-/m1/s1. The van der Waals surface area contributed by atoms with Gasteiger partial charge in [-0.3, -0.25) is 0 Å². The Morgan fingerprint density at radius 3 is 2.80 bits per heavy atom. The summed E-state index contributed by atoms with van der Waals surface area (Å²) >= 11 is 0. The molecule has 2 aliphatic rings. The number of sulfonamides is 1. The molecule has 0 saturated carbocycles. The summed E-state index contributed by atoms with van der Waals surface area (Å²) in [6, 6.07) is 8.11. The molecule has 0 unspecified atom stereocenters. The number of halogens is 1. The maximum absolute atomic E-state index is 14.3. The molecule has 110 valence electrons. The molecule has 2 atom stereocenters. The largest absolute Gasteiger partial charge is 0.355 e. The van der Waals surface area contributed by atoms with Gasteiger partial charge in [-0.25, -0.2) is 12.8 Å². The van der Waals surface area contributed by atoms with Crippen LogP contribution in [0.25, 0.3) is 0 Å². The molecular weight excluding hydrogens is 283 g/mol. The van der Waals surface area contributed by atoms with Gasteiger partial charge in [-0.2, -0.15) is 4.31 Å². The van der Waals surface area contributed by atoms with Crippen molar-refractivity contribution in [1.82, 2.24) is 9.62 Å². The summed E-state index contributed by atoms with van der Waals surface area (Å²) in [6.07, 6.45) is -1.04. The summed E-state index contributed by atoms with van der Waals surface area (Å²) in [7, 11) is -3.74. The second-order valence-corrected chi connectivity index (χ2v) is 6.87. The molecule has 5 nitrogen and oxygen atoms in total. The lowest BCUT2D eigenvalue weighted by Crippen LogP contribution is -2.61. The summed E-state index contributed by atoms with van der Waals surface area (Å²) in [4.78, 5) is 0.176. The fourth-order valence-corrected chi connectivity index (χ4v) is 4.60. The second kappa shape index (κ2) is 5.07. The molecule has 7 heteroatoms. The zero-order chi connectivity index (χ0) is 14.2. The molecule has 0 bridgehead atoms. The monoisotopic (exact) mass is 300 g/mol. The molecule has 2 aliphatic heterocycles. The van der Waals surface area contributed by atoms with Gasteiger partial charge in [0.1, 0.15) is 0 Å². The number of hydrogen-bond donors (Lipinski definition) is 1. The zero-order valence-corrected chi connectivity index (χ0v) is 11.8. The van der Waals surface area contributed by atoms with Gasteiger partial charge in [0, 0.05) is 19.5 Å². The summed E-state index contributed by atoms with van der Waals surface area (Å²) in [5, 5.41) is 2.92. The van der Waals surface area contributed by atoms with E-state index in [1.54, 1.807) is 18.2 Å². The molecule has 1 N–H and O–H groups in total. The van der Waals surface area contributed by atoms with E-state index in [1.807, 2.05) is 0 Å². The molecule has 2 fully saturated rings. The van der Waals surface area contributed by atoms with Crippen molar-refractivity contribution in [2.75, 3.05) is 26.2 Å². The summed E-state index contributed by atoms with van der Waals surface area (Å²) in [6.45, 7) is 1.08. The first-order chi connectivity index (χ1) is 9.57. The predicted octanol–water partition coefficient (Wildman–Crippen LogP) is 0.735. The van der Waals surface area contributed by atoms with Gasteiger partial charge in [0.15, 0.2) is 11.9 Å². The van der Waals surface area contributed by atoms with Crippen LogP contribution in [0.15, 0.2) is 35.2 Å². The van der Waals surface area contributed by atoms with E-state index in [9.17, 15) is 12.8 Å². The first-order valence-corrected chi connectivity index (χ1v) is 8.08. The Morgan fingerprint density at radius 1 is 1.35 bits per heavy atom. The minimum absolute atomic E-state index is 0.112. The Morgan fingerprint density at radius 2 is 2.10 bits per heavy atom. The average Bonchev–Trinajstić information content (AvgIpc) is 2.89. The molecule has 3 rings (SSSR count). The lowest BCUT2D eigenvalue weighted by Gasteiger charge is -2.41. The Kier molecular flexibility index (Phi) is 3.53. The number of ether oxygens (including phenoxy) is 1. The number of alkyl halides is 1. The number of hydrogen-bond acceptors (Lipinski definition) is 4. The van der Waals surface area contributed by atoms with Gasteiger partial charge in [-0.1, -0.05) is 18.2 Å². The van der Waals surface area contributed by atoms with Crippen LogP contribution in [0.5, 0.6) is 0 Å². The fourth-order valence-electron chi connectivity index (χ4n) is 2.87. The third-order valence-electron chi connectivity index (χ3n) is 3.87. The van der Waals surface area contributed by atoms with Crippen LogP contribution in [0.3, 0.4) is 0 Å². The molecule has 1 spiro atoms. The van der Waals surface area contributed by atoms with Gasteiger partial charge >= 0.3 is 0 Å². The van der Waals surface area contributed by atoms with Gasteiger partial charge in [0.25, 0.3) is 0 Å². The minimum Gasteiger partial charge on any atom is -0.355 e. The van der Waals surface area contributed by atoms with Gasteiger partial charge < -0.3 is 10.1 Å². The normalized spacial score (nSPS) is 31.8. The summed E-state index contributed by atoms with van der Waals surface area (Å²) < 4.78 is 46.5. The van der Waals surface area contributed by atoms with Crippen molar-refractivity contribution < 1.29 is 17.5 Å². The number of nitrogens with zero attached hydrogens (tertiary/aromatic N) is 1. The third-order valence-corrected chi connectivity index (χ3v) is 5.81. The fraction of sp³-hybridized carbons (Fsp3) is 0.538. The quantitative estimate of drug-likeness (QED) is 0.875. The maximum Gasteiger partial charge on any atom is 0.245 e. The Labute approximate surface area is 117 Å². The van der Waals surface area contributed by atoms with Crippen LogP contribution < -0.4 is 5.32 Å². The first-order valence-electron chi connectivity index (χ1n) is 6.64. The minimum atomic E-state index is -3.74. The van der Waals surface area contributed by atoms with Crippen molar-refractivity contribution in [3.05, 3.63) is 30.3 Å². The topological polar surface area (TPSA) is 58.6 Å². The average molecular weight is 300 g/mol. The Hall–Kier alpha value is -1.02. The van der Waals surface area contributed by atoms with Crippen molar-refractivity contribution in [2.45, 2.75) is 23.2 Å². The number of rotatable bonds is 2. The zero-order valence-electron chi connectivity index (χ0n) is 11.0. The number of piperidine rings is 1. The van der Waals surface area contributed by atoms with Crippen molar-refractivity contribution in [1.29, 1.82) is 0 Å². The van der Waals surface area contributed by atoms with Gasteiger partial charge in [0.2, 0.25) is 10.0 Å². The number of nitrogens with one attached hydrogen (secondary N) is 1. The Balaban J connectivity index is 2.00. The molecule has 1 aromatic rings. The lowest BCUT2D eigenvalue weighted by molar-refractivity contribution is -0.120. The molecular formula is C13H17FN2O3S. The summed E-state index contributed by atoms with van der Waals surface area (Å²) in [5.41, 5.74) is -1.35. The van der Waals surface area contributed by atoms with E-state index in [-0.39, 0.29) is 24.6 Å². The maximum atomic E-state index is 14.3. The second-order valence-electron chi connectivity index (χ2n) is 5.01. The van der Waals surface area contributed by atoms with Gasteiger partial charge in [-0.05, 0) is 18.7 Å². The molecule has 20 heavy (non-hydrogen) atoms. The van der Waals surface area contributed by atoms with Crippen LogP contribution in [0.4, 0.5) is 4.39 Å². The lowest BCUT2D eigenvalue weighted by atomic mass is 10.0. The predicted molar refractivity (Wildman–Crippen MR) is 71.4 cm³/mol. The van der Waals surface area contributed by atoms with E-state index < -0.39 is 21.9 Å². The van der Waals surface area contributed by atoms with E-state index in [1.165, 1.54) is 16.4 Å². The molecule has 0 amide bonds. The van der Waals surface area contributed by atoms with Crippen LogP contribution in [-0.2, 0) is 14.8 Å². The highest BCUT2D eigenvalue weighted by Crippen LogP contribution is 2.38. The summed E-state index contributed by atoms with van der Waals surface area (Å²) in [5.74, 6) is 0. The van der Waals surface area contributed by atoms with Crippen molar-refractivity contribution in [3.63, 3.8) is 0 Å². The van der Waals surface area contributed by atoms with Gasteiger partial charge in [-0.15, -0.1) is 0 Å². The van der Waals surface area contributed by atoms with Crippen LogP contribution in [0.2, 0.25) is 0 Å². The van der Waals surface area contributed by atoms with E-state index in [4.69, 9.17) is 4.74 Å². The van der Waals surface area contributed by atoms with Crippen molar-refractivity contribution >= 4 is 10.0 Å². The van der Waals surface area contributed by atoms with Crippen LogP contribution in [0, 0.1) is 0 Å². The van der Waals surface area contributed by atoms with Crippen molar-refractivity contribution in [3.8, 4) is 0 Å². The molecule has 2 saturated heterocycles. The van der Waals surface area contributed by atoms with E-state index in [0.29, 0.717) is 13.0 Å². The van der Waals surface area contributed by atoms with E-state index >= 15 is 0 Å². The molecule has 0 radical (unpaired) electrons. The molecule has 2 heterocycles. The Bertz CT molecular complexity index is 581. The highest BCUT2D eigenvalue weighted by Gasteiger charge is 2.55.